The molecule has 1 saturated heterocycles. The van der Waals surface area contributed by atoms with E-state index in [0.717, 1.165) is 36.3 Å². The van der Waals surface area contributed by atoms with E-state index in [2.05, 4.69) is 22.5 Å². The molecular weight excluding hydrogens is 414 g/mol. The van der Waals surface area contributed by atoms with Gasteiger partial charge < -0.3 is 15.1 Å². The summed E-state index contributed by atoms with van der Waals surface area (Å²) in [5, 5.41) is 5.94. The van der Waals surface area contributed by atoms with Crippen LogP contribution in [0.15, 0.2) is 65.1 Å². The molecule has 0 bridgehead atoms. The van der Waals surface area contributed by atoms with Crippen molar-refractivity contribution >= 4 is 29.2 Å². The summed E-state index contributed by atoms with van der Waals surface area (Å²) in [6, 6.07) is 19.2. The third kappa shape index (κ3) is 4.34. The number of amides is 2. The van der Waals surface area contributed by atoms with Crippen molar-refractivity contribution in [3.8, 4) is 11.3 Å². The monoisotopic (exact) mass is 441 g/mol. The Labute approximate surface area is 193 Å². The molecule has 0 spiro atoms. The zero-order chi connectivity index (χ0) is 22.8. The highest BCUT2D eigenvalue weighted by atomic mass is 16.3. The van der Waals surface area contributed by atoms with E-state index in [1.807, 2.05) is 60.7 Å². The van der Waals surface area contributed by atoms with Gasteiger partial charge in [0, 0.05) is 35.0 Å². The number of para-hydroxylation sites is 1. The van der Waals surface area contributed by atoms with Gasteiger partial charge in [0.05, 0.1) is 5.57 Å². The fraction of sp³-hybridized carbons (Fsp3) is 0.259. The first-order chi connectivity index (χ1) is 16.1. The summed E-state index contributed by atoms with van der Waals surface area (Å²) < 4.78 is 5.97. The molecule has 3 aromatic rings. The molecule has 2 N–H and O–H groups in total. The maximum absolute atomic E-state index is 12.6. The first-order valence-electron chi connectivity index (χ1n) is 11.5. The summed E-state index contributed by atoms with van der Waals surface area (Å²) in [5.41, 5.74) is 3.77. The molecule has 2 amide bonds. The summed E-state index contributed by atoms with van der Waals surface area (Å²) in [7, 11) is 0. The van der Waals surface area contributed by atoms with Gasteiger partial charge >= 0.3 is 0 Å². The van der Waals surface area contributed by atoms with Gasteiger partial charge in [-0.3, -0.25) is 14.5 Å². The zero-order valence-electron chi connectivity index (χ0n) is 18.6. The normalized spacial score (nSPS) is 19.0. The van der Waals surface area contributed by atoms with E-state index in [4.69, 9.17) is 4.42 Å². The first kappa shape index (κ1) is 21.2. The van der Waals surface area contributed by atoms with E-state index < -0.39 is 0 Å². The van der Waals surface area contributed by atoms with Gasteiger partial charge in [-0.25, -0.2) is 0 Å². The number of likely N-dealkylation sites (tertiary alicyclic amines) is 1. The molecule has 6 nitrogen and oxygen atoms in total. The van der Waals surface area contributed by atoms with Gasteiger partial charge in [0.15, 0.2) is 0 Å². The molecular formula is C27H27N3O3. The molecule has 5 rings (SSSR count). The lowest BCUT2D eigenvalue weighted by molar-refractivity contribution is -0.110. The fourth-order valence-corrected chi connectivity index (χ4v) is 4.65. The smallest absolute Gasteiger partial charge is 0.256 e. The number of furan rings is 1. The van der Waals surface area contributed by atoms with Crippen molar-refractivity contribution in [3.63, 3.8) is 0 Å². The number of nitrogens with zero attached hydrogens (tertiary/aromatic N) is 1. The van der Waals surface area contributed by atoms with Crippen molar-refractivity contribution in [1.82, 2.24) is 10.2 Å². The third-order valence-corrected chi connectivity index (χ3v) is 6.46. The average Bonchev–Trinajstić information content (AvgIpc) is 3.57. The van der Waals surface area contributed by atoms with Gasteiger partial charge in [-0.2, -0.15) is 0 Å². The van der Waals surface area contributed by atoms with E-state index >= 15 is 0 Å². The van der Waals surface area contributed by atoms with Crippen LogP contribution in [0, 0.1) is 0 Å². The summed E-state index contributed by atoms with van der Waals surface area (Å²) in [6.07, 6.45) is 4.09. The minimum Gasteiger partial charge on any atom is -0.457 e. The second-order valence-corrected chi connectivity index (χ2v) is 8.47. The molecule has 0 saturated carbocycles. The van der Waals surface area contributed by atoms with Crippen molar-refractivity contribution in [2.75, 3.05) is 25.0 Å². The molecule has 33 heavy (non-hydrogen) atoms. The van der Waals surface area contributed by atoms with Gasteiger partial charge in [0.1, 0.15) is 11.5 Å². The highest BCUT2D eigenvalue weighted by molar-refractivity contribution is 6.34. The van der Waals surface area contributed by atoms with Crippen LogP contribution in [0.4, 0.5) is 5.69 Å². The highest BCUT2D eigenvalue weighted by Gasteiger charge is 2.24. The number of hydrogen-bond donors (Lipinski definition) is 2. The van der Waals surface area contributed by atoms with Crippen molar-refractivity contribution in [3.05, 3.63) is 77.6 Å². The minimum atomic E-state index is -0.135. The van der Waals surface area contributed by atoms with Crippen LogP contribution in [0.3, 0.4) is 0 Å². The Bertz CT molecular complexity index is 1210. The standard InChI is InChI=1S/C27H27N3O3/c1-2-30-15-5-6-20(30)17-28-26(31)19-11-9-18(10-12-19)25-14-13-21(33-25)16-23-22-7-3-4-8-24(22)29-27(23)32/h3-4,7-14,16,20H,2,5-6,15,17H2,1H3,(H,28,31)(H,29,32)/b23-16+. The van der Waals surface area contributed by atoms with E-state index in [0.29, 0.717) is 35.2 Å². The molecule has 2 aliphatic rings. The van der Waals surface area contributed by atoms with Gasteiger partial charge in [-0.15, -0.1) is 0 Å². The molecule has 0 radical (unpaired) electrons. The number of hydrogen-bond acceptors (Lipinski definition) is 4. The Morgan fingerprint density at radius 3 is 2.79 bits per heavy atom. The average molecular weight is 442 g/mol. The number of carbonyl (C=O) groups excluding carboxylic acids is 2. The van der Waals surface area contributed by atoms with Crippen LogP contribution in [0.25, 0.3) is 23.0 Å². The number of likely N-dealkylation sites (N-methyl/N-ethyl adjacent to an activating group) is 1. The van der Waals surface area contributed by atoms with Crippen LogP contribution in [-0.4, -0.2) is 42.4 Å². The molecule has 6 heteroatoms. The molecule has 2 aliphatic heterocycles. The Morgan fingerprint density at radius 2 is 1.97 bits per heavy atom. The lowest BCUT2D eigenvalue weighted by Crippen LogP contribution is -2.40. The Hall–Kier alpha value is -3.64. The lowest BCUT2D eigenvalue weighted by Gasteiger charge is -2.22. The van der Waals surface area contributed by atoms with Crippen molar-refractivity contribution in [1.29, 1.82) is 0 Å². The molecule has 1 aromatic heterocycles. The van der Waals surface area contributed by atoms with Crippen LogP contribution >= 0.6 is 0 Å². The third-order valence-electron chi connectivity index (χ3n) is 6.46. The maximum atomic E-state index is 12.6. The predicted octanol–water partition coefficient (Wildman–Crippen LogP) is 4.65. The molecule has 168 valence electrons. The lowest BCUT2D eigenvalue weighted by atomic mass is 10.1. The topological polar surface area (TPSA) is 74.6 Å². The predicted molar refractivity (Wildman–Crippen MR) is 130 cm³/mol. The second-order valence-electron chi connectivity index (χ2n) is 8.47. The number of anilines is 1. The minimum absolute atomic E-state index is 0.0553. The van der Waals surface area contributed by atoms with Crippen molar-refractivity contribution < 1.29 is 14.0 Å². The first-order valence-corrected chi connectivity index (χ1v) is 11.5. The number of carbonyl (C=O) groups is 2. The number of nitrogens with one attached hydrogen (secondary N) is 2. The largest absolute Gasteiger partial charge is 0.457 e. The molecule has 2 aromatic carbocycles. The number of fused-ring (bicyclic) bond motifs is 1. The van der Waals surface area contributed by atoms with Gasteiger partial charge in [0.2, 0.25) is 0 Å². The van der Waals surface area contributed by atoms with Crippen molar-refractivity contribution in [2.24, 2.45) is 0 Å². The highest BCUT2D eigenvalue weighted by Crippen LogP contribution is 2.33. The molecule has 1 atom stereocenters. The van der Waals surface area contributed by atoms with Crippen LogP contribution in [-0.2, 0) is 4.79 Å². The van der Waals surface area contributed by atoms with E-state index in [-0.39, 0.29) is 11.8 Å². The zero-order valence-corrected chi connectivity index (χ0v) is 18.6. The van der Waals surface area contributed by atoms with E-state index in [1.54, 1.807) is 6.08 Å². The Morgan fingerprint density at radius 1 is 1.15 bits per heavy atom. The molecule has 3 heterocycles. The van der Waals surface area contributed by atoms with Crippen LogP contribution in [0.2, 0.25) is 0 Å². The molecule has 1 unspecified atom stereocenters. The van der Waals surface area contributed by atoms with E-state index in [9.17, 15) is 9.59 Å². The van der Waals surface area contributed by atoms with E-state index in [1.165, 1.54) is 6.42 Å². The van der Waals surface area contributed by atoms with Crippen LogP contribution < -0.4 is 10.6 Å². The SMILES string of the molecule is CCN1CCCC1CNC(=O)c1ccc(-c2ccc(/C=C3/C(=O)Nc4ccccc43)o2)cc1. The maximum Gasteiger partial charge on any atom is 0.256 e. The summed E-state index contributed by atoms with van der Waals surface area (Å²) in [6.45, 7) is 4.98. The molecule has 0 aliphatic carbocycles. The van der Waals surface area contributed by atoms with Crippen LogP contribution in [0.1, 0.15) is 41.4 Å². The second kappa shape index (κ2) is 9.08. The molecule has 1 fully saturated rings. The number of rotatable bonds is 6. The van der Waals surface area contributed by atoms with Gasteiger partial charge in [-0.1, -0.05) is 37.3 Å². The van der Waals surface area contributed by atoms with Gasteiger partial charge in [0.25, 0.3) is 11.8 Å². The Kier molecular flexibility index (Phi) is 5.84. The van der Waals surface area contributed by atoms with Crippen LogP contribution in [0.5, 0.6) is 0 Å². The number of benzene rings is 2. The quantitative estimate of drug-likeness (QED) is 0.546. The fourth-order valence-electron chi connectivity index (χ4n) is 4.65. The van der Waals surface area contributed by atoms with Gasteiger partial charge in [-0.05, 0) is 62.3 Å². The Balaban J connectivity index is 1.26. The summed E-state index contributed by atoms with van der Waals surface area (Å²) in [4.78, 5) is 27.3. The summed E-state index contributed by atoms with van der Waals surface area (Å²) in [5.74, 6) is 1.10. The van der Waals surface area contributed by atoms with Crippen molar-refractivity contribution in [2.45, 2.75) is 25.8 Å². The summed E-state index contributed by atoms with van der Waals surface area (Å²) >= 11 is 0.